The van der Waals surface area contributed by atoms with Crippen LogP contribution in [0.1, 0.15) is 49.3 Å². The minimum Gasteiger partial charge on any atom is -0.388 e. The summed E-state index contributed by atoms with van der Waals surface area (Å²) in [5.41, 5.74) is 4.43. The van der Waals surface area contributed by atoms with Crippen molar-refractivity contribution in [3.05, 3.63) is 52.8 Å². The zero-order valence-corrected chi connectivity index (χ0v) is 13.0. The molecule has 1 atom stereocenters. The molecule has 20 heavy (non-hydrogen) atoms. The molecule has 2 rings (SSSR count). The smallest absolute Gasteiger partial charge is 0.0863 e. The van der Waals surface area contributed by atoms with Crippen molar-refractivity contribution < 1.29 is 5.11 Å². The van der Waals surface area contributed by atoms with Crippen LogP contribution in [0.25, 0.3) is 0 Å². The number of rotatable bonds is 3. The van der Waals surface area contributed by atoms with Crippen LogP contribution in [0.4, 0.5) is 0 Å². The largest absolute Gasteiger partial charge is 0.388 e. The lowest BCUT2D eigenvalue weighted by molar-refractivity contribution is 0.177. The predicted octanol–water partition coefficient (Wildman–Crippen LogP) is 3.30. The first-order chi connectivity index (χ1) is 9.27. The molecular formula is C17H24N2O. The van der Waals surface area contributed by atoms with E-state index in [4.69, 9.17) is 0 Å². The number of hydrogen-bond acceptors (Lipinski definition) is 2. The molecule has 0 spiro atoms. The first kappa shape index (κ1) is 14.8. The van der Waals surface area contributed by atoms with Gasteiger partial charge in [-0.1, -0.05) is 45.0 Å². The molecular weight excluding hydrogens is 248 g/mol. The molecule has 108 valence electrons. The van der Waals surface area contributed by atoms with Crippen LogP contribution in [0.2, 0.25) is 0 Å². The summed E-state index contributed by atoms with van der Waals surface area (Å²) in [6.07, 6.45) is 2.02. The third-order valence-corrected chi connectivity index (χ3v) is 3.66. The zero-order chi connectivity index (χ0) is 14.9. The van der Waals surface area contributed by atoms with E-state index in [1.807, 2.05) is 20.2 Å². The fourth-order valence-corrected chi connectivity index (χ4v) is 2.42. The van der Waals surface area contributed by atoms with E-state index < -0.39 is 6.10 Å². The monoisotopic (exact) mass is 272 g/mol. The van der Waals surface area contributed by atoms with E-state index in [0.29, 0.717) is 6.42 Å². The molecule has 0 aliphatic rings. The van der Waals surface area contributed by atoms with Gasteiger partial charge in [0.2, 0.25) is 0 Å². The van der Waals surface area contributed by atoms with Crippen LogP contribution in [-0.4, -0.2) is 14.9 Å². The molecule has 0 aliphatic carbocycles. The van der Waals surface area contributed by atoms with Crippen molar-refractivity contribution in [3.8, 4) is 0 Å². The average Bonchev–Trinajstić information content (AvgIpc) is 2.68. The van der Waals surface area contributed by atoms with Gasteiger partial charge in [0.05, 0.1) is 11.8 Å². The summed E-state index contributed by atoms with van der Waals surface area (Å²) in [4.78, 5) is 0. The summed E-state index contributed by atoms with van der Waals surface area (Å²) in [6.45, 7) is 8.54. The van der Waals surface area contributed by atoms with Gasteiger partial charge in [-0.2, -0.15) is 5.10 Å². The summed E-state index contributed by atoms with van der Waals surface area (Å²) < 4.78 is 1.75. The highest BCUT2D eigenvalue weighted by molar-refractivity contribution is 5.29. The Morgan fingerprint density at radius 2 is 1.80 bits per heavy atom. The van der Waals surface area contributed by atoms with Gasteiger partial charge < -0.3 is 5.11 Å². The first-order valence-electron chi connectivity index (χ1n) is 7.05. The maximum absolute atomic E-state index is 10.3. The molecule has 1 heterocycles. The number of aromatic nitrogens is 2. The van der Waals surface area contributed by atoms with Crippen LogP contribution in [0, 0.1) is 6.92 Å². The Hall–Kier alpha value is -1.61. The van der Waals surface area contributed by atoms with Gasteiger partial charge >= 0.3 is 0 Å². The van der Waals surface area contributed by atoms with Crippen LogP contribution in [0.3, 0.4) is 0 Å². The standard InChI is InChI=1S/C17H24N2O/c1-12-15(11-19(5)18-12)16(20)10-13-6-8-14(9-7-13)17(2,3)4/h6-9,11,16,20H,10H2,1-5H3. The summed E-state index contributed by atoms with van der Waals surface area (Å²) in [5.74, 6) is 0. The SMILES string of the molecule is Cc1nn(C)cc1C(O)Cc1ccc(C(C)(C)C)cc1. The molecule has 0 aliphatic heterocycles. The highest BCUT2D eigenvalue weighted by atomic mass is 16.3. The molecule has 0 saturated heterocycles. The van der Waals surface area contributed by atoms with Crippen molar-refractivity contribution in [1.29, 1.82) is 0 Å². The molecule has 1 aromatic heterocycles. The summed E-state index contributed by atoms with van der Waals surface area (Å²) in [6, 6.07) is 8.52. The van der Waals surface area contributed by atoms with Crippen LogP contribution < -0.4 is 0 Å². The molecule has 2 aromatic rings. The van der Waals surface area contributed by atoms with Gasteiger partial charge in [-0.3, -0.25) is 4.68 Å². The second-order valence-corrected chi connectivity index (χ2v) is 6.51. The fraction of sp³-hybridized carbons (Fsp3) is 0.471. The van der Waals surface area contributed by atoms with Gasteiger partial charge in [0.25, 0.3) is 0 Å². The molecule has 1 unspecified atom stereocenters. The van der Waals surface area contributed by atoms with Crippen LogP contribution >= 0.6 is 0 Å². The van der Waals surface area contributed by atoms with E-state index in [1.54, 1.807) is 4.68 Å². The maximum atomic E-state index is 10.3. The van der Waals surface area contributed by atoms with Gasteiger partial charge in [0.1, 0.15) is 0 Å². The van der Waals surface area contributed by atoms with E-state index in [2.05, 4.69) is 50.1 Å². The quantitative estimate of drug-likeness (QED) is 0.931. The summed E-state index contributed by atoms with van der Waals surface area (Å²) in [5, 5.41) is 14.6. The highest BCUT2D eigenvalue weighted by Crippen LogP contribution is 2.25. The minimum atomic E-state index is -0.496. The normalized spacial score (nSPS) is 13.5. The van der Waals surface area contributed by atoms with E-state index in [1.165, 1.54) is 5.56 Å². The lowest BCUT2D eigenvalue weighted by Crippen LogP contribution is -2.11. The van der Waals surface area contributed by atoms with Crippen LogP contribution in [-0.2, 0) is 18.9 Å². The Morgan fingerprint density at radius 1 is 1.20 bits per heavy atom. The average molecular weight is 272 g/mol. The van der Waals surface area contributed by atoms with Gasteiger partial charge in [-0.15, -0.1) is 0 Å². The van der Waals surface area contributed by atoms with E-state index >= 15 is 0 Å². The predicted molar refractivity (Wildman–Crippen MR) is 81.8 cm³/mol. The van der Waals surface area contributed by atoms with Crippen molar-refractivity contribution >= 4 is 0 Å². The van der Waals surface area contributed by atoms with Gasteiger partial charge in [-0.05, 0) is 23.5 Å². The Balaban J connectivity index is 2.12. The van der Waals surface area contributed by atoms with Crippen molar-refractivity contribution in [1.82, 2.24) is 9.78 Å². The molecule has 1 aromatic carbocycles. The van der Waals surface area contributed by atoms with Crippen molar-refractivity contribution in [3.63, 3.8) is 0 Å². The molecule has 0 saturated carbocycles. The number of aryl methyl sites for hydroxylation is 2. The molecule has 3 nitrogen and oxygen atoms in total. The number of aliphatic hydroxyl groups excluding tert-OH is 1. The van der Waals surface area contributed by atoms with E-state index in [0.717, 1.165) is 16.8 Å². The van der Waals surface area contributed by atoms with Crippen molar-refractivity contribution in [2.45, 2.75) is 45.6 Å². The Kier molecular flexibility index (Phi) is 4.00. The maximum Gasteiger partial charge on any atom is 0.0863 e. The van der Waals surface area contributed by atoms with Gasteiger partial charge in [0.15, 0.2) is 0 Å². The minimum absolute atomic E-state index is 0.164. The first-order valence-corrected chi connectivity index (χ1v) is 7.05. The second kappa shape index (κ2) is 5.41. The van der Waals surface area contributed by atoms with Gasteiger partial charge in [0, 0.05) is 25.2 Å². The lowest BCUT2D eigenvalue weighted by atomic mass is 9.86. The number of benzene rings is 1. The molecule has 0 fully saturated rings. The van der Waals surface area contributed by atoms with Crippen molar-refractivity contribution in [2.75, 3.05) is 0 Å². The highest BCUT2D eigenvalue weighted by Gasteiger charge is 2.16. The third-order valence-electron chi connectivity index (χ3n) is 3.66. The molecule has 0 radical (unpaired) electrons. The zero-order valence-electron chi connectivity index (χ0n) is 13.0. The van der Waals surface area contributed by atoms with Crippen molar-refractivity contribution in [2.24, 2.45) is 7.05 Å². The summed E-state index contributed by atoms with van der Waals surface area (Å²) in [7, 11) is 1.88. The topological polar surface area (TPSA) is 38.0 Å². The summed E-state index contributed by atoms with van der Waals surface area (Å²) >= 11 is 0. The second-order valence-electron chi connectivity index (χ2n) is 6.51. The number of aliphatic hydroxyl groups is 1. The molecule has 3 heteroatoms. The van der Waals surface area contributed by atoms with E-state index in [-0.39, 0.29) is 5.41 Å². The molecule has 1 N–H and O–H groups in total. The van der Waals surface area contributed by atoms with Crippen LogP contribution in [0.15, 0.2) is 30.5 Å². The molecule has 0 amide bonds. The number of nitrogens with zero attached hydrogens (tertiary/aromatic N) is 2. The Morgan fingerprint density at radius 3 is 2.25 bits per heavy atom. The number of hydrogen-bond donors (Lipinski definition) is 1. The Labute approximate surface area is 121 Å². The van der Waals surface area contributed by atoms with E-state index in [9.17, 15) is 5.11 Å². The third kappa shape index (κ3) is 3.28. The Bertz CT molecular complexity index is 576. The van der Waals surface area contributed by atoms with Crippen LogP contribution in [0.5, 0.6) is 0 Å². The van der Waals surface area contributed by atoms with Gasteiger partial charge in [-0.25, -0.2) is 0 Å². The lowest BCUT2D eigenvalue weighted by Gasteiger charge is -2.19. The fourth-order valence-electron chi connectivity index (χ4n) is 2.42. The molecule has 0 bridgehead atoms.